The maximum atomic E-state index is 5.77. The molecule has 0 saturated heterocycles. The highest BCUT2D eigenvalue weighted by molar-refractivity contribution is 5.43. The lowest BCUT2D eigenvalue weighted by Gasteiger charge is -2.10. The van der Waals surface area contributed by atoms with Crippen LogP contribution in [0.5, 0.6) is 11.5 Å². The molecule has 0 aromatic heterocycles. The van der Waals surface area contributed by atoms with Crippen LogP contribution >= 0.6 is 0 Å². The molecule has 0 spiro atoms. The van der Waals surface area contributed by atoms with Crippen molar-refractivity contribution in [2.24, 2.45) is 0 Å². The predicted octanol–water partition coefficient (Wildman–Crippen LogP) is 3.73. The second-order valence-corrected chi connectivity index (χ2v) is 4.89. The summed E-state index contributed by atoms with van der Waals surface area (Å²) in [5.41, 5.74) is 8.78. The van der Waals surface area contributed by atoms with Gasteiger partial charge in [0.25, 0.3) is 0 Å². The van der Waals surface area contributed by atoms with Gasteiger partial charge in [0.15, 0.2) is 0 Å². The Labute approximate surface area is 120 Å². The van der Waals surface area contributed by atoms with Gasteiger partial charge in [0, 0.05) is 18.2 Å². The highest BCUT2D eigenvalue weighted by Gasteiger charge is 2.00. The van der Waals surface area contributed by atoms with Crippen molar-refractivity contribution in [3.05, 3.63) is 53.6 Å². The standard InChI is InChI=1S/C17H21NO2/c1-13-7-8-14(2)17(11-13)20-10-4-9-19-16-6-3-5-15(18)12-16/h3,5-8,11-12H,4,9-10,18H2,1-2H3. The molecule has 0 radical (unpaired) electrons. The fraction of sp³-hybridized carbons (Fsp3) is 0.294. The van der Waals surface area contributed by atoms with Crippen molar-refractivity contribution in [2.75, 3.05) is 18.9 Å². The molecule has 20 heavy (non-hydrogen) atoms. The first-order valence-electron chi connectivity index (χ1n) is 6.83. The number of benzene rings is 2. The van der Waals surface area contributed by atoms with Crippen LogP contribution in [0.4, 0.5) is 5.69 Å². The summed E-state index contributed by atoms with van der Waals surface area (Å²) in [5.74, 6) is 1.76. The molecule has 0 atom stereocenters. The maximum absolute atomic E-state index is 5.77. The Morgan fingerprint density at radius 2 is 1.75 bits per heavy atom. The van der Waals surface area contributed by atoms with Crippen molar-refractivity contribution in [2.45, 2.75) is 20.3 Å². The van der Waals surface area contributed by atoms with Crippen LogP contribution in [0.25, 0.3) is 0 Å². The first-order chi connectivity index (χ1) is 9.65. The van der Waals surface area contributed by atoms with Crippen LogP contribution in [0, 0.1) is 13.8 Å². The summed E-state index contributed by atoms with van der Waals surface area (Å²) < 4.78 is 11.4. The van der Waals surface area contributed by atoms with Gasteiger partial charge in [0.1, 0.15) is 11.5 Å². The molecule has 0 bridgehead atoms. The van der Waals surface area contributed by atoms with Crippen LogP contribution in [0.1, 0.15) is 17.5 Å². The first-order valence-corrected chi connectivity index (χ1v) is 6.83. The number of nitrogen functional groups attached to an aromatic ring is 1. The predicted molar refractivity (Wildman–Crippen MR) is 82.4 cm³/mol. The number of nitrogens with two attached hydrogens (primary N) is 1. The summed E-state index contributed by atoms with van der Waals surface area (Å²) in [6.45, 7) is 5.38. The van der Waals surface area contributed by atoms with Crippen molar-refractivity contribution in [1.29, 1.82) is 0 Å². The normalized spacial score (nSPS) is 10.3. The van der Waals surface area contributed by atoms with Crippen LogP contribution in [0.3, 0.4) is 0 Å². The minimum Gasteiger partial charge on any atom is -0.493 e. The third-order valence-electron chi connectivity index (χ3n) is 3.02. The zero-order chi connectivity index (χ0) is 14.4. The zero-order valence-electron chi connectivity index (χ0n) is 12.1. The lowest BCUT2D eigenvalue weighted by atomic mass is 10.1. The van der Waals surface area contributed by atoms with Gasteiger partial charge in [0.05, 0.1) is 13.2 Å². The van der Waals surface area contributed by atoms with E-state index in [1.165, 1.54) is 5.56 Å². The van der Waals surface area contributed by atoms with E-state index in [0.717, 1.165) is 23.5 Å². The lowest BCUT2D eigenvalue weighted by molar-refractivity contribution is 0.246. The van der Waals surface area contributed by atoms with Gasteiger partial charge in [-0.05, 0) is 43.2 Å². The monoisotopic (exact) mass is 271 g/mol. The second kappa shape index (κ2) is 6.85. The van der Waals surface area contributed by atoms with Crippen LogP contribution in [0.15, 0.2) is 42.5 Å². The molecule has 0 fully saturated rings. The zero-order valence-corrected chi connectivity index (χ0v) is 12.1. The molecule has 0 aliphatic heterocycles. The molecule has 2 aromatic carbocycles. The smallest absolute Gasteiger partial charge is 0.122 e. The molecule has 3 nitrogen and oxygen atoms in total. The number of ether oxygens (including phenoxy) is 2. The third kappa shape index (κ3) is 4.19. The Bertz CT molecular complexity index is 567. The Kier molecular flexibility index (Phi) is 4.88. The number of rotatable bonds is 6. The molecular formula is C17H21NO2. The number of aryl methyl sites for hydroxylation is 2. The average molecular weight is 271 g/mol. The molecular weight excluding hydrogens is 250 g/mol. The van der Waals surface area contributed by atoms with E-state index in [2.05, 4.69) is 32.0 Å². The Morgan fingerprint density at radius 3 is 2.55 bits per heavy atom. The molecule has 2 N–H and O–H groups in total. The van der Waals surface area contributed by atoms with Crippen molar-refractivity contribution >= 4 is 5.69 Å². The van der Waals surface area contributed by atoms with Gasteiger partial charge in [-0.1, -0.05) is 18.2 Å². The third-order valence-corrected chi connectivity index (χ3v) is 3.02. The Balaban J connectivity index is 1.73. The van der Waals surface area contributed by atoms with Crippen LogP contribution < -0.4 is 15.2 Å². The van der Waals surface area contributed by atoms with Gasteiger partial charge in [0.2, 0.25) is 0 Å². The number of hydrogen-bond acceptors (Lipinski definition) is 3. The van der Waals surface area contributed by atoms with Crippen LogP contribution in [-0.2, 0) is 0 Å². The van der Waals surface area contributed by atoms with E-state index >= 15 is 0 Å². The van der Waals surface area contributed by atoms with Crippen molar-refractivity contribution in [1.82, 2.24) is 0 Å². The highest BCUT2D eigenvalue weighted by Crippen LogP contribution is 2.19. The van der Waals surface area contributed by atoms with E-state index in [1.807, 2.05) is 24.3 Å². The summed E-state index contributed by atoms with van der Waals surface area (Å²) in [4.78, 5) is 0. The number of anilines is 1. The quantitative estimate of drug-likeness (QED) is 0.643. The number of hydrogen-bond donors (Lipinski definition) is 1. The summed E-state index contributed by atoms with van der Waals surface area (Å²) in [6, 6.07) is 13.7. The average Bonchev–Trinajstić information content (AvgIpc) is 2.42. The Morgan fingerprint density at radius 1 is 0.950 bits per heavy atom. The fourth-order valence-electron chi connectivity index (χ4n) is 1.90. The van der Waals surface area contributed by atoms with E-state index < -0.39 is 0 Å². The maximum Gasteiger partial charge on any atom is 0.122 e. The van der Waals surface area contributed by atoms with Crippen molar-refractivity contribution in [3.63, 3.8) is 0 Å². The minimum absolute atomic E-state index is 0.619. The second-order valence-electron chi connectivity index (χ2n) is 4.89. The summed E-state index contributed by atoms with van der Waals surface area (Å²) >= 11 is 0. The van der Waals surface area contributed by atoms with E-state index in [4.69, 9.17) is 15.2 Å². The fourth-order valence-corrected chi connectivity index (χ4v) is 1.90. The molecule has 0 heterocycles. The molecule has 2 aromatic rings. The van der Waals surface area contributed by atoms with Gasteiger partial charge in [-0.2, -0.15) is 0 Å². The topological polar surface area (TPSA) is 44.5 Å². The van der Waals surface area contributed by atoms with E-state index in [1.54, 1.807) is 0 Å². The Hall–Kier alpha value is -2.16. The largest absolute Gasteiger partial charge is 0.493 e. The van der Waals surface area contributed by atoms with Gasteiger partial charge in [-0.15, -0.1) is 0 Å². The van der Waals surface area contributed by atoms with Gasteiger partial charge < -0.3 is 15.2 Å². The lowest BCUT2D eigenvalue weighted by Crippen LogP contribution is -2.05. The SMILES string of the molecule is Cc1ccc(C)c(OCCCOc2cccc(N)c2)c1. The van der Waals surface area contributed by atoms with Crippen LogP contribution in [-0.4, -0.2) is 13.2 Å². The van der Waals surface area contributed by atoms with E-state index in [0.29, 0.717) is 18.9 Å². The molecule has 0 unspecified atom stereocenters. The van der Waals surface area contributed by atoms with Crippen LogP contribution in [0.2, 0.25) is 0 Å². The molecule has 0 amide bonds. The molecule has 0 aliphatic carbocycles. The molecule has 106 valence electrons. The molecule has 3 heteroatoms. The summed E-state index contributed by atoms with van der Waals surface area (Å²) in [7, 11) is 0. The van der Waals surface area contributed by atoms with Gasteiger partial charge in [-0.25, -0.2) is 0 Å². The minimum atomic E-state index is 0.619. The van der Waals surface area contributed by atoms with Gasteiger partial charge >= 0.3 is 0 Å². The first kappa shape index (κ1) is 14.3. The summed E-state index contributed by atoms with van der Waals surface area (Å²) in [6.07, 6.45) is 0.835. The van der Waals surface area contributed by atoms with Gasteiger partial charge in [-0.3, -0.25) is 0 Å². The van der Waals surface area contributed by atoms with Crippen molar-refractivity contribution < 1.29 is 9.47 Å². The molecule has 0 saturated carbocycles. The molecule has 2 rings (SSSR count). The van der Waals surface area contributed by atoms with E-state index in [-0.39, 0.29) is 0 Å². The highest BCUT2D eigenvalue weighted by atomic mass is 16.5. The van der Waals surface area contributed by atoms with E-state index in [9.17, 15) is 0 Å². The summed E-state index contributed by atoms with van der Waals surface area (Å²) in [5, 5.41) is 0. The molecule has 0 aliphatic rings. The van der Waals surface area contributed by atoms with Crippen molar-refractivity contribution in [3.8, 4) is 11.5 Å².